The van der Waals surface area contributed by atoms with Crippen LogP contribution in [-0.2, 0) is 4.74 Å². The van der Waals surface area contributed by atoms with Gasteiger partial charge in [0.15, 0.2) is 0 Å². The van der Waals surface area contributed by atoms with Crippen LogP contribution in [0.15, 0.2) is 22.7 Å². The van der Waals surface area contributed by atoms with Crippen molar-refractivity contribution in [2.45, 2.75) is 44.3 Å². The first kappa shape index (κ1) is 14.3. The van der Waals surface area contributed by atoms with Crippen molar-refractivity contribution in [3.05, 3.63) is 33.3 Å². The molecule has 2 rings (SSSR count). The summed E-state index contributed by atoms with van der Waals surface area (Å²) in [7, 11) is 0. The van der Waals surface area contributed by atoms with Crippen molar-refractivity contribution in [3.8, 4) is 0 Å². The molecule has 0 aliphatic carbocycles. The third-order valence-electron chi connectivity index (χ3n) is 3.34. The van der Waals surface area contributed by atoms with Crippen LogP contribution in [0.5, 0.6) is 0 Å². The molecular formula is C14H18BrClO2. The molecule has 1 aromatic rings. The van der Waals surface area contributed by atoms with Crippen LogP contribution in [0.3, 0.4) is 0 Å². The van der Waals surface area contributed by atoms with E-state index in [4.69, 9.17) is 16.3 Å². The van der Waals surface area contributed by atoms with E-state index in [-0.39, 0.29) is 0 Å². The zero-order valence-corrected chi connectivity index (χ0v) is 12.6. The molecule has 0 saturated carbocycles. The third kappa shape index (κ3) is 3.95. The van der Waals surface area contributed by atoms with E-state index in [1.807, 2.05) is 18.2 Å². The number of ether oxygens (including phenoxy) is 1. The number of hydrogen-bond donors (Lipinski definition) is 1. The Morgan fingerprint density at radius 2 is 2.33 bits per heavy atom. The summed E-state index contributed by atoms with van der Waals surface area (Å²) >= 11 is 9.39. The first-order chi connectivity index (χ1) is 8.66. The van der Waals surface area contributed by atoms with E-state index in [1.165, 1.54) is 6.42 Å². The first-order valence-electron chi connectivity index (χ1n) is 6.41. The maximum atomic E-state index is 10.2. The molecule has 1 fully saturated rings. The SMILES string of the molecule is OC(CCCC1CCCO1)c1cc(Cl)ccc1Br. The molecule has 1 aromatic carbocycles. The lowest BCUT2D eigenvalue weighted by molar-refractivity contribution is 0.0944. The molecule has 0 radical (unpaired) electrons. The Morgan fingerprint density at radius 3 is 3.06 bits per heavy atom. The van der Waals surface area contributed by atoms with Gasteiger partial charge in [0.05, 0.1) is 12.2 Å². The maximum absolute atomic E-state index is 10.2. The van der Waals surface area contributed by atoms with Crippen molar-refractivity contribution in [3.63, 3.8) is 0 Å². The van der Waals surface area contributed by atoms with Gasteiger partial charge in [-0.15, -0.1) is 0 Å². The minimum atomic E-state index is -0.459. The van der Waals surface area contributed by atoms with E-state index in [1.54, 1.807) is 0 Å². The zero-order chi connectivity index (χ0) is 13.0. The minimum absolute atomic E-state index is 0.403. The second kappa shape index (κ2) is 6.90. The molecular weight excluding hydrogens is 316 g/mol. The fraction of sp³-hybridized carbons (Fsp3) is 0.571. The number of halogens is 2. The highest BCUT2D eigenvalue weighted by Gasteiger charge is 2.17. The van der Waals surface area contributed by atoms with Gasteiger partial charge in [-0.25, -0.2) is 0 Å². The Hall–Kier alpha value is -0.0900. The van der Waals surface area contributed by atoms with Gasteiger partial charge in [0.25, 0.3) is 0 Å². The Labute approximate surface area is 121 Å². The fourth-order valence-electron chi connectivity index (χ4n) is 2.34. The lowest BCUT2D eigenvalue weighted by atomic mass is 10.0. The van der Waals surface area contributed by atoms with Gasteiger partial charge >= 0.3 is 0 Å². The highest BCUT2D eigenvalue weighted by molar-refractivity contribution is 9.10. The lowest BCUT2D eigenvalue weighted by Crippen LogP contribution is -2.06. The van der Waals surface area contributed by atoms with Crippen molar-refractivity contribution >= 4 is 27.5 Å². The van der Waals surface area contributed by atoms with Crippen molar-refractivity contribution in [1.29, 1.82) is 0 Å². The van der Waals surface area contributed by atoms with Gasteiger partial charge in [0.1, 0.15) is 0 Å². The summed E-state index contributed by atoms with van der Waals surface area (Å²) in [4.78, 5) is 0. The molecule has 1 aliphatic heterocycles. The second-order valence-corrected chi connectivity index (χ2v) is 6.04. The molecule has 0 amide bonds. The molecule has 0 spiro atoms. The first-order valence-corrected chi connectivity index (χ1v) is 7.58. The van der Waals surface area contributed by atoms with Crippen LogP contribution in [0.25, 0.3) is 0 Å². The summed E-state index contributed by atoms with van der Waals surface area (Å²) in [6.07, 6.45) is 5.04. The number of aliphatic hydroxyl groups is 1. The summed E-state index contributed by atoms with van der Waals surface area (Å²) in [5.41, 5.74) is 0.870. The average molecular weight is 334 g/mol. The summed E-state index contributed by atoms with van der Waals surface area (Å²) in [5.74, 6) is 0. The van der Waals surface area contributed by atoms with E-state index in [2.05, 4.69) is 15.9 Å². The molecule has 0 aromatic heterocycles. The Bertz CT molecular complexity index is 391. The van der Waals surface area contributed by atoms with E-state index in [0.717, 1.165) is 42.3 Å². The van der Waals surface area contributed by atoms with E-state index < -0.39 is 6.10 Å². The molecule has 1 saturated heterocycles. The van der Waals surface area contributed by atoms with E-state index in [9.17, 15) is 5.11 Å². The molecule has 0 bridgehead atoms. The molecule has 100 valence electrons. The molecule has 1 N–H and O–H groups in total. The normalized spacial score (nSPS) is 21.2. The van der Waals surface area contributed by atoms with Gasteiger partial charge in [0.2, 0.25) is 0 Å². The van der Waals surface area contributed by atoms with Crippen LogP contribution in [-0.4, -0.2) is 17.8 Å². The molecule has 2 nitrogen and oxygen atoms in total. The average Bonchev–Trinajstić information content (AvgIpc) is 2.85. The number of hydrogen-bond acceptors (Lipinski definition) is 2. The van der Waals surface area contributed by atoms with Crippen LogP contribution >= 0.6 is 27.5 Å². The van der Waals surface area contributed by atoms with Crippen LogP contribution < -0.4 is 0 Å². The van der Waals surface area contributed by atoms with Crippen molar-refractivity contribution in [2.24, 2.45) is 0 Å². The summed E-state index contributed by atoms with van der Waals surface area (Å²) in [6, 6.07) is 5.51. The quantitative estimate of drug-likeness (QED) is 0.860. The Morgan fingerprint density at radius 1 is 1.50 bits per heavy atom. The summed E-state index contributed by atoms with van der Waals surface area (Å²) in [6.45, 7) is 0.896. The largest absolute Gasteiger partial charge is 0.388 e. The minimum Gasteiger partial charge on any atom is -0.388 e. The molecule has 1 aliphatic rings. The van der Waals surface area contributed by atoms with Crippen LogP contribution in [0.1, 0.15) is 43.8 Å². The molecule has 2 atom stereocenters. The van der Waals surface area contributed by atoms with Gasteiger partial charge < -0.3 is 9.84 Å². The standard InChI is InChI=1S/C14H18BrClO2/c15-13-7-6-10(16)9-12(13)14(17)5-1-3-11-4-2-8-18-11/h6-7,9,11,14,17H,1-5,8H2. The second-order valence-electron chi connectivity index (χ2n) is 4.75. The van der Waals surface area contributed by atoms with Crippen molar-refractivity contribution in [2.75, 3.05) is 6.61 Å². The topological polar surface area (TPSA) is 29.5 Å². The highest BCUT2D eigenvalue weighted by Crippen LogP contribution is 2.30. The molecule has 18 heavy (non-hydrogen) atoms. The summed E-state index contributed by atoms with van der Waals surface area (Å²) < 4.78 is 6.48. The smallest absolute Gasteiger partial charge is 0.0801 e. The van der Waals surface area contributed by atoms with Gasteiger partial charge in [-0.1, -0.05) is 27.5 Å². The van der Waals surface area contributed by atoms with Crippen molar-refractivity contribution < 1.29 is 9.84 Å². The maximum Gasteiger partial charge on any atom is 0.0801 e. The van der Waals surface area contributed by atoms with E-state index in [0.29, 0.717) is 11.1 Å². The van der Waals surface area contributed by atoms with Crippen molar-refractivity contribution in [1.82, 2.24) is 0 Å². The van der Waals surface area contributed by atoms with Crippen LogP contribution in [0.4, 0.5) is 0 Å². The number of aliphatic hydroxyl groups excluding tert-OH is 1. The zero-order valence-electron chi connectivity index (χ0n) is 10.2. The number of benzene rings is 1. The Kier molecular flexibility index (Phi) is 5.49. The number of rotatable bonds is 5. The molecule has 2 unspecified atom stereocenters. The monoisotopic (exact) mass is 332 g/mol. The summed E-state index contributed by atoms with van der Waals surface area (Å²) in [5, 5.41) is 10.8. The van der Waals surface area contributed by atoms with Gasteiger partial charge in [0, 0.05) is 16.1 Å². The van der Waals surface area contributed by atoms with Crippen LogP contribution in [0.2, 0.25) is 5.02 Å². The predicted molar refractivity (Wildman–Crippen MR) is 76.9 cm³/mol. The van der Waals surface area contributed by atoms with Gasteiger partial charge in [-0.05, 0) is 55.9 Å². The fourth-order valence-corrected chi connectivity index (χ4v) is 3.03. The van der Waals surface area contributed by atoms with Crippen LogP contribution in [0, 0.1) is 0 Å². The molecule has 1 heterocycles. The van der Waals surface area contributed by atoms with Gasteiger partial charge in [-0.2, -0.15) is 0 Å². The lowest BCUT2D eigenvalue weighted by Gasteiger charge is -2.14. The highest BCUT2D eigenvalue weighted by atomic mass is 79.9. The third-order valence-corrected chi connectivity index (χ3v) is 4.30. The Balaban J connectivity index is 1.83. The van der Waals surface area contributed by atoms with E-state index >= 15 is 0 Å². The molecule has 4 heteroatoms. The van der Waals surface area contributed by atoms with Gasteiger partial charge in [-0.3, -0.25) is 0 Å². The predicted octanol–water partition coefficient (Wildman–Crippen LogP) is 4.49.